The van der Waals surface area contributed by atoms with Gasteiger partial charge in [0.2, 0.25) is 5.91 Å². The molecule has 0 unspecified atom stereocenters. The molecule has 1 heterocycles. The third-order valence-electron chi connectivity index (χ3n) is 5.16. The number of ether oxygens (including phenoxy) is 1. The lowest BCUT2D eigenvalue weighted by atomic mass is 9.84. The van der Waals surface area contributed by atoms with Gasteiger partial charge in [0, 0.05) is 19.2 Å². The predicted octanol–water partition coefficient (Wildman–Crippen LogP) is 2.61. The standard InChI is InChI=1S/C18H28N4O3/c1-10-8-13(22(5)21-10)19-16(23)14-11-6-7-12(9-11)15(14)20-17(24)25-18(2,3)4/h8,11-12,14-15H,6-7,9H2,1-5H3,(H,19,23)(H,20,24)/t11-,12-,14-,15+/m0/s1. The van der Waals surface area contributed by atoms with Gasteiger partial charge >= 0.3 is 6.09 Å². The van der Waals surface area contributed by atoms with Crippen LogP contribution >= 0.6 is 0 Å². The molecule has 1 aromatic rings. The summed E-state index contributed by atoms with van der Waals surface area (Å²) in [6, 6.07) is 1.68. The molecule has 7 nitrogen and oxygen atoms in total. The second-order valence-electron chi connectivity index (χ2n) is 8.31. The first kappa shape index (κ1) is 17.8. The largest absolute Gasteiger partial charge is 0.444 e. The molecule has 1 aromatic heterocycles. The lowest BCUT2D eigenvalue weighted by Crippen LogP contribution is -2.49. The fraction of sp³-hybridized carbons (Fsp3) is 0.722. The van der Waals surface area contributed by atoms with Crippen LogP contribution in [0, 0.1) is 24.7 Å². The number of hydrogen-bond acceptors (Lipinski definition) is 4. The average molecular weight is 348 g/mol. The van der Waals surface area contributed by atoms with Crippen molar-refractivity contribution in [2.75, 3.05) is 5.32 Å². The van der Waals surface area contributed by atoms with Crippen LogP contribution in [0.1, 0.15) is 45.7 Å². The number of nitrogens with zero attached hydrogens (tertiary/aromatic N) is 2. The smallest absolute Gasteiger partial charge is 0.407 e. The number of fused-ring (bicyclic) bond motifs is 2. The molecule has 2 bridgehead atoms. The van der Waals surface area contributed by atoms with Crippen molar-refractivity contribution in [1.82, 2.24) is 15.1 Å². The van der Waals surface area contributed by atoms with Gasteiger partial charge in [-0.1, -0.05) is 0 Å². The van der Waals surface area contributed by atoms with Crippen LogP contribution in [-0.2, 0) is 16.6 Å². The number of anilines is 1. The Kier molecular flexibility index (Phi) is 4.51. The van der Waals surface area contributed by atoms with Crippen molar-refractivity contribution in [3.05, 3.63) is 11.8 Å². The SMILES string of the molecule is Cc1cc(NC(=O)[C@H]2[C@H]3CC[C@@H](C3)[C@H]2NC(=O)OC(C)(C)C)n(C)n1. The number of carbonyl (C=O) groups excluding carboxylic acids is 2. The summed E-state index contributed by atoms with van der Waals surface area (Å²) in [6.45, 7) is 7.40. The quantitative estimate of drug-likeness (QED) is 0.879. The van der Waals surface area contributed by atoms with Gasteiger partial charge in [-0.2, -0.15) is 5.10 Å². The average Bonchev–Trinajstić information content (AvgIpc) is 3.12. The number of rotatable bonds is 3. The van der Waals surface area contributed by atoms with Gasteiger partial charge in [0.1, 0.15) is 11.4 Å². The van der Waals surface area contributed by atoms with Crippen LogP contribution in [0.25, 0.3) is 0 Å². The molecule has 0 spiro atoms. The van der Waals surface area contributed by atoms with Crippen LogP contribution in [-0.4, -0.2) is 33.4 Å². The molecular formula is C18H28N4O3. The van der Waals surface area contributed by atoms with Gasteiger partial charge in [-0.15, -0.1) is 0 Å². The predicted molar refractivity (Wildman–Crippen MR) is 94.1 cm³/mol. The molecule has 2 aliphatic rings. The number of nitrogens with one attached hydrogen (secondary N) is 2. The molecule has 2 amide bonds. The lowest BCUT2D eigenvalue weighted by Gasteiger charge is -2.31. The normalized spacial score (nSPS) is 28.0. The Morgan fingerprint density at radius 1 is 1.28 bits per heavy atom. The van der Waals surface area contributed by atoms with E-state index in [1.807, 2.05) is 33.8 Å². The molecule has 4 atom stereocenters. The maximum Gasteiger partial charge on any atom is 0.407 e. The number of hydrogen-bond donors (Lipinski definition) is 2. The fourth-order valence-corrected chi connectivity index (χ4v) is 4.26. The Labute approximate surface area is 148 Å². The van der Waals surface area contributed by atoms with Crippen molar-refractivity contribution in [2.45, 2.75) is 58.6 Å². The molecule has 2 N–H and O–H groups in total. The van der Waals surface area contributed by atoms with E-state index in [1.165, 1.54) is 0 Å². The van der Waals surface area contributed by atoms with E-state index in [2.05, 4.69) is 15.7 Å². The second kappa shape index (κ2) is 6.35. The van der Waals surface area contributed by atoms with E-state index in [4.69, 9.17) is 4.74 Å². The van der Waals surface area contributed by atoms with Crippen molar-refractivity contribution < 1.29 is 14.3 Å². The molecule has 2 saturated carbocycles. The van der Waals surface area contributed by atoms with E-state index < -0.39 is 11.7 Å². The molecule has 25 heavy (non-hydrogen) atoms. The number of aryl methyl sites for hydroxylation is 2. The Morgan fingerprint density at radius 3 is 2.56 bits per heavy atom. The molecule has 0 aromatic carbocycles. The first-order chi connectivity index (χ1) is 11.6. The summed E-state index contributed by atoms with van der Waals surface area (Å²) in [4.78, 5) is 25.1. The molecule has 3 rings (SSSR count). The van der Waals surface area contributed by atoms with Crippen LogP contribution in [0.4, 0.5) is 10.6 Å². The summed E-state index contributed by atoms with van der Waals surface area (Å²) < 4.78 is 7.04. The number of aromatic nitrogens is 2. The third kappa shape index (κ3) is 3.80. The Bertz CT molecular complexity index is 676. The van der Waals surface area contributed by atoms with Crippen LogP contribution in [0.15, 0.2) is 6.07 Å². The summed E-state index contributed by atoms with van der Waals surface area (Å²) in [5.74, 6) is 1.08. The monoisotopic (exact) mass is 348 g/mol. The van der Waals surface area contributed by atoms with Gasteiger partial charge in [0.05, 0.1) is 11.6 Å². The van der Waals surface area contributed by atoms with Crippen molar-refractivity contribution in [3.63, 3.8) is 0 Å². The van der Waals surface area contributed by atoms with Gasteiger partial charge in [0.15, 0.2) is 0 Å². The third-order valence-corrected chi connectivity index (χ3v) is 5.16. The van der Waals surface area contributed by atoms with Gasteiger partial charge in [-0.25, -0.2) is 4.79 Å². The van der Waals surface area contributed by atoms with Gasteiger partial charge in [0.25, 0.3) is 0 Å². The first-order valence-electron chi connectivity index (χ1n) is 8.95. The minimum absolute atomic E-state index is 0.0451. The lowest BCUT2D eigenvalue weighted by molar-refractivity contribution is -0.122. The second-order valence-corrected chi connectivity index (χ2v) is 8.31. The van der Waals surface area contributed by atoms with E-state index in [1.54, 1.807) is 11.7 Å². The molecule has 2 fully saturated rings. The van der Waals surface area contributed by atoms with Crippen LogP contribution < -0.4 is 10.6 Å². The molecule has 7 heteroatoms. The molecule has 0 aliphatic heterocycles. The molecule has 138 valence electrons. The zero-order valence-corrected chi connectivity index (χ0v) is 15.6. The Hall–Kier alpha value is -2.05. The van der Waals surface area contributed by atoms with E-state index in [9.17, 15) is 9.59 Å². The highest BCUT2D eigenvalue weighted by Crippen LogP contribution is 2.49. The molecule has 2 aliphatic carbocycles. The van der Waals surface area contributed by atoms with Crippen molar-refractivity contribution in [2.24, 2.45) is 24.8 Å². The zero-order valence-electron chi connectivity index (χ0n) is 15.6. The van der Waals surface area contributed by atoms with Gasteiger partial charge in [-0.05, 0) is 58.8 Å². The zero-order chi connectivity index (χ0) is 18.4. The highest BCUT2D eigenvalue weighted by molar-refractivity contribution is 5.93. The summed E-state index contributed by atoms with van der Waals surface area (Å²) in [6.07, 6.45) is 2.64. The van der Waals surface area contributed by atoms with Crippen molar-refractivity contribution >= 4 is 17.8 Å². The van der Waals surface area contributed by atoms with Gasteiger partial charge < -0.3 is 15.4 Å². The maximum absolute atomic E-state index is 12.9. The Morgan fingerprint density at radius 2 is 1.96 bits per heavy atom. The summed E-state index contributed by atoms with van der Waals surface area (Å²) in [5, 5.41) is 10.2. The molecule has 0 radical (unpaired) electrons. The van der Waals surface area contributed by atoms with Crippen LogP contribution in [0.5, 0.6) is 0 Å². The van der Waals surface area contributed by atoms with E-state index in [0.717, 1.165) is 25.0 Å². The van der Waals surface area contributed by atoms with E-state index in [0.29, 0.717) is 17.7 Å². The molecule has 0 saturated heterocycles. The summed E-state index contributed by atoms with van der Waals surface area (Å²) >= 11 is 0. The minimum atomic E-state index is -0.550. The topological polar surface area (TPSA) is 85.3 Å². The van der Waals surface area contributed by atoms with Crippen LogP contribution in [0.3, 0.4) is 0 Å². The van der Waals surface area contributed by atoms with Crippen molar-refractivity contribution in [1.29, 1.82) is 0 Å². The minimum Gasteiger partial charge on any atom is -0.444 e. The molecular weight excluding hydrogens is 320 g/mol. The van der Waals surface area contributed by atoms with Gasteiger partial charge in [-0.3, -0.25) is 9.48 Å². The highest BCUT2D eigenvalue weighted by Gasteiger charge is 2.51. The summed E-state index contributed by atoms with van der Waals surface area (Å²) in [5.41, 5.74) is 0.306. The maximum atomic E-state index is 12.9. The highest BCUT2D eigenvalue weighted by atomic mass is 16.6. The number of carbonyl (C=O) groups is 2. The summed E-state index contributed by atoms with van der Waals surface area (Å²) in [7, 11) is 1.81. The van der Waals surface area contributed by atoms with E-state index in [-0.39, 0.29) is 17.9 Å². The number of amides is 2. The van der Waals surface area contributed by atoms with Crippen molar-refractivity contribution in [3.8, 4) is 0 Å². The Balaban J connectivity index is 1.71. The van der Waals surface area contributed by atoms with E-state index >= 15 is 0 Å². The fourth-order valence-electron chi connectivity index (χ4n) is 4.26. The van der Waals surface area contributed by atoms with Crippen LogP contribution in [0.2, 0.25) is 0 Å². The number of alkyl carbamates (subject to hydrolysis) is 1. The first-order valence-corrected chi connectivity index (χ1v) is 8.95.